The Kier molecular flexibility index (Phi) is 5.20. The maximum absolute atomic E-state index is 13.7. The molecule has 0 radical (unpaired) electrons. The summed E-state index contributed by atoms with van der Waals surface area (Å²) in [5.74, 6) is -1.10. The van der Waals surface area contributed by atoms with E-state index in [4.69, 9.17) is 17.0 Å². The van der Waals surface area contributed by atoms with Crippen molar-refractivity contribution >= 4 is 12.2 Å². The van der Waals surface area contributed by atoms with Gasteiger partial charge >= 0.3 is 0 Å². The smallest absolute Gasteiger partial charge is 0.177 e. The minimum atomic E-state index is -0.654. The van der Waals surface area contributed by atoms with Gasteiger partial charge in [-0.1, -0.05) is 0 Å². The first kappa shape index (κ1) is 16.9. The number of hydrogen-bond acceptors (Lipinski definition) is 2. The number of aromatic nitrogens is 2. The second kappa shape index (κ2) is 6.76. The van der Waals surface area contributed by atoms with Crippen LogP contribution in [0.15, 0.2) is 18.3 Å². The van der Waals surface area contributed by atoms with Gasteiger partial charge in [-0.25, -0.2) is 8.78 Å². The number of imidazole rings is 1. The molecule has 4 nitrogen and oxygen atoms in total. The number of rotatable bonds is 3. The molecule has 1 aliphatic heterocycles. The number of ether oxygens (including phenoxy) is 1. The van der Waals surface area contributed by atoms with E-state index in [2.05, 4.69) is 10.7 Å². The van der Waals surface area contributed by atoms with Crippen LogP contribution in [-0.2, 0) is 12.8 Å². The van der Waals surface area contributed by atoms with Crippen LogP contribution in [0.1, 0.15) is 17.3 Å². The third-order valence-electron chi connectivity index (χ3n) is 3.65. The zero-order chi connectivity index (χ0) is 15.0. The van der Waals surface area contributed by atoms with Crippen LogP contribution in [0, 0.1) is 16.4 Å². The molecule has 1 aromatic carbocycles. The number of benzene rings is 1. The molecule has 0 saturated carbocycles. The monoisotopic (exact) mass is 347 g/mol. The first-order valence-corrected chi connectivity index (χ1v) is 7.19. The largest absolute Gasteiger partial charge is 1.00 e. The molecule has 1 aromatic heterocycles. The van der Waals surface area contributed by atoms with Crippen LogP contribution in [0.25, 0.3) is 0 Å². The van der Waals surface area contributed by atoms with Crippen molar-refractivity contribution in [1.29, 1.82) is 0 Å². The summed E-state index contributed by atoms with van der Waals surface area (Å²) in [6.07, 6.45) is 3.13. The van der Waals surface area contributed by atoms with Crippen molar-refractivity contribution < 1.29 is 31.7 Å². The first-order valence-electron chi connectivity index (χ1n) is 6.79. The molecule has 1 aliphatic rings. The first-order chi connectivity index (χ1) is 10.1. The number of hydrogen-bond donors (Lipinski definition) is 2. The van der Waals surface area contributed by atoms with Crippen LogP contribution in [-0.4, -0.2) is 22.7 Å². The second-order valence-corrected chi connectivity index (χ2v) is 5.49. The standard InChI is InChI=1S/C14H15F2N3OS.ClH/c15-9-3-8-4-11(7-20-13(8)12(16)5-9)19-10(1-2-17)6-18-14(19)21;/h3,5-6,11H,1-2,4,7,17H2,(H,18,21);1H/t11-;/m1./s1. The molecule has 22 heavy (non-hydrogen) atoms. The summed E-state index contributed by atoms with van der Waals surface area (Å²) in [5, 5.41) is 0. The molecule has 2 aromatic rings. The number of halogens is 3. The molecule has 0 amide bonds. The van der Waals surface area contributed by atoms with E-state index in [1.807, 2.05) is 10.8 Å². The molecule has 0 aliphatic carbocycles. The molecule has 0 unspecified atom stereocenters. The third-order valence-corrected chi connectivity index (χ3v) is 3.96. The summed E-state index contributed by atoms with van der Waals surface area (Å²) in [5.41, 5.74) is 5.41. The molecule has 0 spiro atoms. The summed E-state index contributed by atoms with van der Waals surface area (Å²) in [7, 11) is 0. The summed E-state index contributed by atoms with van der Waals surface area (Å²) >= 11 is 5.30. The zero-order valence-electron chi connectivity index (χ0n) is 11.7. The lowest BCUT2D eigenvalue weighted by Gasteiger charge is -2.27. The second-order valence-electron chi connectivity index (χ2n) is 5.10. The van der Waals surface area contributed by atoms with Crippen molar-refractivity contribution in [3.05, 3.63) is 46.0 Å². The molecule has 2 heterocycles. The van der Waals surface area contributed by atoms with Gasteiger partial charge in [-0.05, 0) is 18.3 Å². The van der Waals surface area contributed by atoms with Crippen molar-refractivity contribution in [1.82, 2.24) is 9.55 Å². The van der Waals surface area contributed by atoms with Gasteiger partial charge in [0.25, 0.3) is 0 Å². The van der Waals surface area contributed by atoms with Gasteiger partial charge in [0.2, 0.25) is 0 Å². The van der Waals surface area contributed by atoms with Crippen LogP contribution >= 0.6 is 12.2 Å². The van der Waals surface area contributed by atoms with E-state index in [0.29, 0.717) is 23.4 Å². The highest BCUT2D eigenvalue weighted by atomic mass is 35.5. The Bertz CT molecular complexity index is 731. The van der Waals surface area contributed by atoms with Gasteiger partial charge < -0.3 is 32.4 Å². The fourth-order valence-electron chi connectivity index (χ4n) is 2.77. The lowest BCUT2D eigenvalue weighted by Crippen LogP contribution is -3.00. The van der Waals surface area contributed by atoms with Crippen molar-refractivity contribution in [2.24, 2.45) is 0 Å². The Morgan fingerprint density at radius 1 is 1.41 bits per heavy atom. The van der Waals surface area contributed by atoms with E-state index in [-0.39, 0.29) is 24.2 Å². The lowest BCUT2D eigenvalue weighted by molar-refractivity contribution is -0.366. The predicted molar refractivity (Wildman–Crippen MR) is 75.7 cm³/mol. The van der Waals surface area contributed by atoms with E-state index in [9.17, 15) is 8.78 Å². The van der Waals surface area contributed by atoms with E-state index in [1.165, 1.54) is 6.07 Å². The number of nitrogens with zero attached hydrogens (tertiary/aromatic N) is 1. The maximum Gasteiger partial charge on any atom is 0.177 e. The lowest BCUT2D eigenvalue weighted by atomic mass is 10.0. The van der Waals surface area contributed by atoms with Gasteiger partial charge in [0.1, 0.15) is 12.4 Å². The normalized spacial score (nSPS) is 16.6. The minimum Gasteiger partial charge on any atom is -1.00 e. The van der Waals surface area contributed by atoms with Gasteiger partial charge in [0.15, 0.2) is 16.3 Å². The highest BCUT2D eigenvalue weighted by Crippen LogP contribution is 2.33. The van der Waals surface area contributed by atoms with Gasteiger partial charge in [-0.3, -0.25) is 0 Å². The number of H-pyrrole nitrogens is 1. The van der Waals surface area contributed by atoms with Gasteiger partial charge in [0, 0.05) is 36.4 Å². The number of quaternary nitrogens is 1. The average molecular weight is 348 g/mol. The fourth-order valence-corrected chi connectivity index (χ4v) is 3.10. The molecule has 0 bridgehead atoms. The number of fused-ring (bicyclic) bond motifs is 1. The van der Waals surface area contributed by atoms with Crippen LogP contribution in [0.4, 0.5) is 8.78 Å². The summed E-state index contributed by atoms with van der Waals surface area (Å²) < 4.78 is 35.1. The molecule has 120 valence electrons. The molecular weight excluding hydrogens is 332 g/mol. The van der Waals surface area contributed by atoms with Crippen LogP contribution in [0.2, 0.25) is 0 Å². The van der Waals surface area contributed by atoms with Crippen LogP contribution in [0.5, 0.6) is 5.75 Å². The van der Waals surface area contributed by atoms with E-state index < -0.39 is 11.6 Å². The van der Waals surface area contributed by atoms with Gasteiger partial charge in [0.05, 0.1) is 12.6 Å². The van der Waals surface area contributed by atoms with Crippen molar-refractivity contribution in [3.63, 3.8) is 0 Å². The zero-order valence-corrected chi connectivity index (χ0v) is 13.3. The SMILES string of the molecule is [Cl-].[NH3+]CCc1c[nH]c(=S)n1[C@H]1COc2c(F)cc(F)cc2C1. The van der Waals surface area contributed by atoms with Crippen molar-refractivity contribution in [2.75, 3.05) is 13.2 Å². The van der Waals surface area contributed by atoms with E-state index >= 15 is 0 Å². The highest BCUT2D eigenvalue weighted by Gasteiger charge is 2.26. The van der Waals surface area contributed by atoms with Crippen LogP contribution in [0.3, 0.4) is 0 Å². The Morgan fingerprint density at radius 3 is 2.91 bits per heavy atom. The predicted octanol–water partition coefficient (Wildman–Crippen LogP) is -1.21. The molecule has 3 rings (SSSR count). The molecule has 0 saturated heterocycles. The Hall–Kier alpha value is -1.44. The molecule has 4 N–H and O–H groups in total. The fraction of sp³-hybridized carbons (Fsp3) is 0.357. The number of nitrogens with one attached hydrogen (secondary N) is 1. The van der Waals surface area contributed by atoms with Crippen molar-refractivity contribution in [2.45, 2.75) is 18.9 Å². The molecule has 8 heteroatoms. The van der Waals surface area contributed by atoms with Crippen molar-refractivity contribution in [3.8, 4) is 5.75 Å². The van der Waals surface area contributed by atoms with E-state index in [0.717, 1.165) is 24.7 Å². The maximum atomic E-state index is 13.7. The Balaban J connectivity index is 0.00000176. The Morgan fingerprint density at radius 2 is 2.18 bits per heavy atom. The summed E-state index contributed by atoms with van der Waals surface area (Å²) in [6, 6.07) is 2.09. The molecule has 0 fully saturated rings. The third kappa shape index (κ3) is 3.02. The van der Waals surface area contributed by atoms with E-state index in [1.54, 1.807) is 0 Å². The molecule has 1 atom stereocenters. The minimum absolute atomic E-state index is 0. The number of aromatic amines is 1. The highest BCUT2D eigenvalue weighted by molar-refractivity contribution is 7.71. The topological polar surface area (TPSA) is 57.6 Å². The summed E-state index contributed by atoms with van der Waals surface area (Å²) in [6.45, 7) is 1.06. The average Bonchev–Trinajstić information content (AvgIpc) is 2.79. The molecular formula is C14H16ClF2N3OS. The quantitative estimate of drug-likeness (QED) is 0.685. The van der Waals surface area contributed by atoms with Gasteiger partial charge in [-0.2, -0.15) is 0 Å². The van der Waals surface area contributed by atoms with Crippen LogP contribution < -0.4 is 22.9 Å². The summed E-state index contributed by atoms with van der Waals surface area (Å²) in [4.78, 5) is 3.01. The van der Waals surface area contributed by atoms with Gasteiger partial charge in [-0.15, -0.1) is 0 Å². The Labute approximate surface area is 137 Å².